The normalized spacial score (nSPS) is 30.7. The first-order valence-corrected chi connectivity index (χ1v) is 7.11. The monoisotopic (exact) mass is 257 g/mol. The molecule has 1 saturated heterocycles. The van der Waals surface area contributed by atoms with Crippen molar-refractivity contribution in [2.24, 2.45) is 0 Å². The molecular weight excluding hydrogens is 226 g/mol. The zero-order chi connectivity index (χ0) is 13.9. The molecule has 3 unspecified atom stereocenters. The van der Waals surface area contributed by atoms with E-state index in [-0.39, 0.29) is 0 Å². The second-order valence-corrected chi connectivity index (χ2v) is 6.59. The van der Waals surface area contributed by atoms with Gasteiger partial charge in [-0.1, -0.05) is 13.8 Å². The van der Waals surface area contributed by atoms with Gasteiger partial charge < -0.3 is 10.4 Å². The van der Waals surface area contributed by atoms with Gasteiger partial charge in [0, 0.05) is 44.3 Å². The summed E-state index contributed by atoms with van der Waals surface area (Å²) in [7, 11) is 2.19. The maximum Gasteiger partial charge on any atom is 0.0869 e. The van der Waals surface area contributed by atoms with E-state index in [1.54, 1.807) is 0 Å². The second kappa shape index (κ2) is 6.33. The lowest BCUT2D eigenvalue weighted by Gasteiger charge is -2.44. The molecule has 1 aliphatic heterocycles. The first-order valence-electron chi connectivity index (χ1n) is 7.11. The zero-order valence-corrected chi connectivity index (χ0v) is 12.9. The van der Waals surface area contributed by atoms with Gasteiger partial charge in [0.25, 0.3) is 0 Å². The number of likely N-dealkylation sites (N-methyl/N-ethyl adjacent to an activating group) is 1. The van der Waals surface area contributed by atoms with E-state index in [0.29, 0.717) is 24.7 Å². The number of aliphatic hydroxyl groups is 1. The van der Waals surface area contributed by atoms with Crippen molar-refractivity contribution in [2.45, 2.75) is 58.3 Å². The summed E-state index contributed by atoms with van der Waals surface area (Å²) in [5.41, 5.74) is -0.653. The standard InChI is InChI=1S/C14H31N3O/c1-11(2)15-9-14(5,18)10-17-7-12(3)16(6)13(4)8-17/h11-13,15,18H,7-10H2,1-6H3. The van der Waals surface area contributed by atoms with Crippen molar-refractivity contribution in [3.8, 4) is 0 Å². The van der Waals surface area contributed by atoms with Crippen LogP contribution in [0, 0.1) is 0 Å². The van der Waals surface area contributed by atoms with E-state index in [1.165, 1.54) is 0 Å². The lowest BCUT2D eigenvalue weighted by Crippen LogP contribution is -2.59. The minimum absolute atomic E-state index is 0.418. The summed E-state index contributed by atoms with van der Waals surface area (Å²) >= 11 is 0. The second-order valence-electron chi connectivity index (χ2n) is 6.59. The summed E-state index contributed by atoms with van der Waals surface area (Å²) in [6, 6.07) is 1.53. The summed E-state index contributed by atoms with van der Waals surface area (Å²) in [4.78, 5) is 4.80. The molecule has 1 heterocycles. The quantitative estimate of drug-likeness (QED) is 0.763. The van der Waals surface area contributed by atoms with E-state index in [1.807, 2.05) is 6.92 Å². The molecule has 1 fully saturated rings. The molecule has 0 amide bonds. The third-order valence-corrected chi connectivity index (χ3v) is 3.89. The van der Waals surface area contributed by atoms with E-state index < -0.39 is 5.60 Å². The molecule has 2 N–H and O–H groups in total. The van der Waals surface area contributed by atoms with Gasteiger partial charge >= 0.3 is 0 Å². The molecule has 0 aromatic rings. The van der Waals surface area contributed by atoms with Gasteiger partial charge in [-0.2, -0.15) is 0 Å². The molecule has 4 heteroatoms. The summed E-state index contributed by atoms with van der Waals surface area (Å²) in [6.45, 7) is 14.1. The molecule has 0 bridgehead atoms. The SMILES string of the molecule is CC(C)NCC(C)(O)CN1CC(C)N(C)C(C)C1. The Morgan fingerprint density at radius 1 is 1.28 bits per heavy atom. The highest BCUT2D eigenvalue weighted by Gasteiger charge is 2.31. The zero-order valence-electron chi connectivity index (χ0n) is 12.9. The average Bonchev–Trinajstić information content (AvgIpc) is 2.22. The number of β-amino-alcohol motifs (C(OH)–C–C–N with tert-alkyl or cyclic N) is 1. The van der Waals surface area contributed by atoms with E-state index >= 15 is 0 Å². The topological polar surface area (TPSA) is 38.7 Å². The minimum Gasteiger partial charge on any atom is -0.388 e. The summed E-state index contributed by atoms with van der Waals surface area (Å²) in [5, 5.41) is 13.8. The Morgan fingerprint density at radius 3 is 2.22 bits per heavy atom. The van der Waals surface area contributed by atoms with Crippen LogP contribution >= 0.6 is 0 Å². The predicted octanol–water partition coefficient (Wildman–Crippen LogP) is 0.760. The van der Waals surface area contributed by atoms with Crippen LogP contribution in [0.4, 0.5) is 0 Å². The molecule has 1 rings (SSSR count). The number of nitrogens with zero attached hydrogens (tertiary/aromatic N) is 2. The molecule has 18 heavy (non-hydrogen) atoms. The van der Waals surface area contributed by atoms with Gasteiger partial charge in [-0.15, -0.1) is 0 Å². The van der Waals surface area contributed by atoms with Gasteiger partial charge in [0.05, 0.1) is 5.60 Å². The maximum atomic E-state index is 10.4. The van der Waals surface area contributed by atoms with Crippen LogP contribution in [0.1, 0.15) is 34.6 Å². The lowest BCUT2D eigenvalue weighted by atomic mass is 10.0. The minimum atomic E-state index is -0.653. The van der Waals surface area contributed by atoms with Crippen molar-refractivity contribution in [1.82, 2.24) is 15.1 Å². The van der Waals surface area contributed by atoms with E-state index in [0.717, 1.165) is 19.6 Å². The average molecular weight is 257 g/mol. The van der Waals surface area contributed by atoms with Crippen LogP contribution < -0.4 is 5.32 Å². The fourth-order valence-corrected chi connectivity index (χ4v) is 2.60. The predicted molar refractivity (Wildman–Crippen MR) is 76.9 cm³/mol. The molecule has 0 aromatic heterocycles. The molecule has 0 radical (unpaired) electrons. The van der Waals surface area contributed by atoms with Crippen LogP contribution in [-0.4, -0.2) is 71.9 Å². The van der Waals surface area contributed by atoms with Gasteiger partial charge in [-0.25, -0.2) is 0 Å². The molecule has 3 atom stereocenters. The van der Waals surface area contributed by atoms with Gasteiger partial charge in [-0.3, -0.25) is 9.80 Å². The van der Waals surface area contributed by atoms with Gasteiger partial charge in [0.2, 0.25) is 0 Å². The third-order valence-electron chi connectivity index (χ3n) is 3.89. The third kappa shape index (κ3) is 4.84. The van der Waals surface area contributed by atoms with Gasteiger partial charge in [0.15, 0.2) is 0 Å². The molecule has 0 spiro atoms. The van der Waals surface area contributed by atoms with Crippen molar-refractivity contribution in [1.29, 1.82) is 0 Å². The highest BCUT2D eigenvalue weighted by molar-refractivity contribution is 4.88. The molecular formula is C14H31N3O. The molecule has 1 aliphatic rings. The first-order chi connectivity index (χ1) is 8.21. The van der Waals surface area contributed by atoms with Crippen LogP contribution in [0.5, 0.6) is 0 Å². The van der Waals surface area contributed by atoms with Crippen LogP contribution in [0.2, 0.25) is 0 Å². The van der Waals surface area contributed by atoms with Crippen LogP contribution in [0.15, 0.2) is 0 Å². The van der Waals surface area contributed by atoms with E-state index in [4.69, 9.17) is 0 Å². The lowest BCUT2D eigenvalue weighted by molar-refractivity contribution is -0.0169. The summed E-state index contributed by atoms with van der Waals surface area (Å²) in [5.74, 6) is 0. The van der Waals surface area contributed by atoms with Crippen molar-refractivity contribution in [2.75, 3.05) is 33.2 Å². The highest BCUT2D eigenvalue weighted by atomic mass is 16.3. The van der Waals surface area contributed by atoms with Gasteiger partial charge in [0.1, 0.15) is 0 Å². The Balaban J connectivity index is 2.46. The fourth-order valence-electron chi connectivity index (χ4n) is 2.60. The van der Waals surface area contributed by atoms with Crippen molar-refractivity contribution < 1.29 is 5.11 Å². The largest absolute Gasteiger partial charge is 0.388 e. The number of nitrogens with one attached hydrogen (secondary N) is 1. The Kier molecular flexibility index (Phi) is 5.59. The molecule has 0 aliphatic carbocycles. The molecule has 4 nitrogen and oxygen atoms in total. The van der Waals surface area contributed by atoms with Crippen molar-refractivity contribution in [3.63, 3.8) is 0 Å². The maximum absolute atomic E-state index is 10.4. The Hall–Kier alpha value is -0.160. The van der Waals surface area contributed by atoms with Crippen molar-refractivity contribution >= 4 is 0 Å². The van der Waals surface area contributed by atoms with E-state index in [2.05, 4.69) is 49.9 Å². The fraction of sp³-hybridized carbons (Fsp3) is 1.00. The highest BCUT2D eigenvalue weighted by Crippen LogP contribution is 2.16. The number of hydrogen-bond acceptors (Lipinski definition) is 4. The Labute approximate surface area is 112 Å². The molecule has 0 saturated carbocycles. The smallest absolute Gasteiger partial charge is 0.0869 e. The number of piperazine rings is 1. The van der Waals surface area contributed by atoms with Crippen LogP contribution in [-0.2, 0) is 0 Å². The van der Waals surface area contributed by atoms with Gasteiger partial charge in [-0.05, 0) is 27.8 Å². The Morgan fingerprint density at radius 2 is 1.78 bits per heavy atom. The summed E-state index contributed by atoms with van der Waals surface area (Å²) in [6.07, 6.45) is 0. The Bertz CT molecular complexity index is 243. The van der Waals surface area contributed by atoms with Crippen molar-refractivity contribution in [3.05, 3.63) is 0 Å². The van der Waals surface area contributed by atoms with Crippen LogP contribution in [0.25, 0.3) is 0 Å². The first kappa shape index (κ1) is 15.9. The number of hydrogen-bond donors (Lipinski definition) is 2. The number of rotatable bonds is 5. The van der Waals surface area contributed by atoms with E-state index in [9.17, 15) is 5.11 Å². The molecule has 108 valence electrons. The molecule has 0 aromatic carbocycles. The summed E-state index contributed by atoms with van der Waals surface area (Å²) < 4.78 is 0. The van der Waals surface area contributed by atoms with Crippen LogP contribution in [0.3, 0.4) is 0 Å².